The van der Waals surface area contributed by atoms with E-state index in [4.69, 9.17) is 4.98 Å². The van der Waals surface area contributed by atoms with Gasteiger partial charge in [0.05, 0.1) is 0 Å². The van der Waals surface area contributed by atoms with Gasteiger partial charge in [0.15, 0.2) is 11.2 Å². The number of carbonyl (C=O) groups is 1. The standard InChI is InChI=1S/C24H41N5O3/c1-5-8-11-13-18(4)25-20(30)15-14-19-26-22-21(28(19)17-12-9-6-2)23(31)27-24(32)29(22)16-10-7-3/h18H,5-17H2,1-4H3,(H,25,30)(H,27,31,32). The maximum atomic E-state index is 12.7. The van der Waals surface area contributed by atoms with Gasteiger partial charge in [-0.3, -0.25) is 19.1 Å². The van der Waals surface area contributed by atoms with Crippen LogP contribution in [-0.4, -0.2) is 31.1 Å². The highest BCUT2D eigenvalue weighted by Gasteiger charge is 2.19. The SMILES string of the molecule is CCCCCC(C)NC(=O)CCc1nc2c(c(=O)[nH]c(=O)n2CCCC)n1CCCCC. The van der Waals surface area contributed by atoms with Crippen molar-refractivity contribution in [3.05, 3.63) is 26.7 Å². The summed E-state index contributed by atoms with van der Waals surface area (Å²) in [5.41, 5.74) is 0.0635. The van der Waals surface area contributed by atoms with Gasteiger partial charge in [0.1, 0.15) is 5.82 Å². The van der Waals surface area contributed by atoms with Gasteiger partial charge < -0.3 is 9.88 Å². The molecule has 0 aliphatic heterocycles. The van der Waals surface area contributed by atoms with Gasteiger partial charge >= 0.3 is 5.69 Å². The molecule has 0 bridgehead atoms. The molecule has 2 aromatic rings. The topological polar surface area (TPSA) is 102 Å². The summed E-state index contributed by atoms with van der Waals surface area (Å²) in [6.07, 6.45) is 9.99. The van der Waals surface area contributed by atoms with Crippen molar-refractivity contribution in [1.82, 2.24) is 24.4 Å². The van der Waals surface area contributed by atoms with E-state index >= 15 is 0 Å². The molecular formula is C24H41N5O3. The van der Waals surface area contributed by atoms with Gasteiger partial charge in [-0.05, 0) is 26.2 Å². The summed E-state index contributed by atoms with van der Waals surface area (Å²) in [6, 6.07) is 0.152. The molecule has 8 nitrogen and oxygen atoms in total. The number of hydrogen-bond donors (Lipinski definition) is 2. The number of amides is 1. The van der Waals surface area contributed by atoms with Crippen LogP contribution >= 0.6 is 0 Å². The predicted molar refractivity (Wildman–Crippen MR) is 129 cm³/mol. The molecule has 0 aromatic carbocycles. The highest BCUT2D eigenvalue weighted by molar-refractivity contribution is 5.76. The largest absolute Gasteiger partial charge is 0.354 e. The van der Waals surface area contributed by atoms with Crippen LogP contribution in [0.3, 0.4) is 0 Å². The second-order valence-electron chi connectivity index (χ2n) is 8.79. The Labute approximate surface area is 190 Å². The summed E-state index contributed by atoms with van der Waals surface area (Å²) >= 11 is 0. The molecule has 0 radical (unpaired) electrons. The molecule has 0 spiro atoms. The van der Waals surface area contributed by atoms with E-state index in [-0.39, 0.29) is 11.9 Å². The van der Waals surface area contributed by atoms with Crippen molar-refractivity contribution in [2.24, 2.45) is 0 Å². The van der Waals surface area contributed by atoms with Crippen molar-refractivity contribution in [1.29, 1.82) is 0 Å². The van der Waals surface area contributed by atoms with Crippen LogP contribution in [0.4, 0.5) is 0 Å². The molecule has 32 heavy (non-hydrogen) atoms. The number of aromatic amines is 1. The first-order chi connectivity index (χ1) is 15.4. The van der Waals surface area contributed by atoms with Crippen LogP contribution in [-0.2, 0) is 24.3 Å². The number of imidazole rings is 1. The van der Waals surface area contributed by atoms with Crippen molar-refractivity contribution in [2.75, 3.05) is 0 Å². The Kier molecular flexibility index (Phi) is 10.7. The molecule has 0 aliphatic carbocycles. The molecule has 0 saturated heterocycles. The van der Waals surface area contributed by atoms with Gasteiger partial charge in [-0.1, -0.05) is 59.3 Å². The van der Waals surface area contributed by atoms with Gasteiger partial charge in [-0.2, -0.15) is 0 Å². The van der Waals surface area contributed by atoms with E-state index in [0.717, 1.165) is 51.4 Å². The normalized spacial score (nSPS) is 12.4. The lowest BCUT2D eigenvalue weighted by atomic mass is 10.1. The van der Waals surface area contributed by atoms with E-state index < -0.39 is 11.2 Å². The van der Waals surface area contributed by atoms with E-state index in [0.29, 0.717) is 42.9 Å². The maximum absolute atomic E-state index is 12.7. The summed E-state index contributed by atoms with van der Waals surface area (Å²) in [5.74, 6) is 0.699. The van der Waals surface area contributed by atoms with Crippen LogP contribution in [0.2, 0.25) is 0 Å². The van der Waals surface area contributed by atoms with Crippen molar-refractivity contribution in [3.8, 4) is 0 Å². The van der Waals surface area contributed by atoms with E-state index in [1.807, 2.05) is 11.5 Å². The minimum Gasteiger partial charge on any atom is -0.354 e. The van der Waals surface area contributed by atoms with E-state index in [9.17, 15) is 14.4 Å². The molecule has 1 amide bonds. The van der Waals surface area contributed by atoms with Crippen molar-refractivity contribution < 1.29 is 4.79 Å². The summed E-state index contributed by atoms with van der Waals surface area (Å²) < 4.78 is 3.49. The van der Waals surface area contributed by atoms with Crippen molar-refractivity contribution in [2.45, 2.75) is 117 Å². The third-order valence-corrected chi connectivity index (χ3v) is 5.91. The number of nitrogens with zero attached hydrogens (tertiary/aromatic N) is 3. The quantitative estimate of drug-likeness (QED) is 0.404. The van der Waals surface area contributed by atoms with Gasteiger partial charge in [-0.15, -0.1) is 0 Å². The molecule has 0 aliphatic rings. The number of aryl methyl sites for hydroxylation is 3. The Hall–Kier alpha value is -2.38. The first-order valence-corrected chi connectivity index (χ1v) is 12.4. The average molecular weight is 448 g/mol. The molecular weight excluding hydrogens is 406 g/mol. The van der Waals surface area contributed by atoms with Gasteiger partial charge in [0.2, 0.25) is 5.91 Å². The van der Waals surface area contributed by atoms with Gasteiger partial charge in [-0.25, -0.2) is 9.78 Å². The van der Waals surface area contributed by atoms with Crippen LogP contribution in [0.25, 0.3) is 11.2 Å². The molecule has 0 fully saturated rings. The van der Waals surface area contributed by atoms with Crippen LogP contribution in [0, 0.1) is 0 Å². The number of rotatable bonds is 15. The Morgan fingerprint density at radius 1 is 0.969 bits per heavy atom. The third kappa shape index (κ3) is 7.07. The number of nitrogens with one attached hydrogen (secondary N) is 2. The third-order valence-electron chi connectivity index (χ3n) is 5.91. The van der Waals surface area contributed by atoms with E-state index in [2.05, 4.69) is 31.1 Å². The number of aromatic nitrogens is 4. The number of H-pyrrole nitrogens is 1. The average Bonchev–Trinajstić information content (AvgIpc) is 3.11. The molecule has 2 rings (SSSR count). The van der Waals surface area contributed by atoms with E-state index in [1.165, 1.54) is 6.42 Å². The molecule has 0 saturated carbocycles. The Bertz CT molecular complexity index is 972. The molecule has 2 heterocycles. The second kappa shape index (κ2) is 13.2. The first kappa shape index (κ1) is 25.9. The highest BCUT2D eigenvalue weighted by atomic mass is 16.2. The first-order valence-electron chi connectivity index (χ1n) is 12.4. The lowest BCUT2D eigenvalue weighted by Gasteiger charge is -2.14. The van der Waals surface area contributed by atoms with Crippen LogP contribution in [0.1, 0.15) is 97.7 Å². The number of unbranched alkanes of at least 4 members (excludes halogenated alkanes) is 5. The zero-order valence-electron chi connectivity index (χ0n) is 20.3. The number of carbonyl (C=O) groups excluding carboxylic acids is 1. The summed E-state index contributed by atoms with van der Waals surface area (Å²) in [6.45, 7) is 9.58. The smallest absolute Gasteiger partial charge is 0.330 e. The van der Waals surface area contributed by atoms with Crippen molar-refractivity contribution >= 4 is 17.1 Å². The molecule has 2 aromatic heterocycles. The lowest BCUT2D eigenvalue weighted by Crippen LogP contribution is -2.32. The fourth-order valence-electron chi connectivity index (χ4n) is 4.04. The highest BCUT2D eigenvalue weighted by Crippen LogP contribution is 2.16. The number of hydrogen-bond acceptors (Lipinski definition) is 4. The fourth-order valence-corrected chi connectivity index (χ4v) is 4.04. The second-order valence-corrected chi connectivity index (χ2v) is 8.79. The summed E-state index contributed by atoms with van der Waals surface area (Å²) in [7, 11) is 0. The molecule has 2 N–H and O–H groups in total. The zero-order valence-corrected chi connectivity index (χ0v) is 20.3. The van der Waals surface area contributed by atoms with Gasteiger partial charge in [0, 0.05) is 32.0 Å². The van der Waals surface area contributed by atoms with Crippen LogP contribution in [0.15, 0.2) is 9.59 Å². The molecule has 1 unspecified atom stereocenters. The maximum Gasteiger partial charge on any atom is 0.330 e. The molecule has 1 atom stereocenters. The predicted octanol–water partition coefficient (Wildman–Crippen LogP) is 3.89. The number of fused-ring (bicyclic) bond motifs is 1. The molecule has 8 heteroatoms. The Morgan fingerprint density at radius 3 is 2.31 bits per heavy atom. The monoisotopic (exact) mass is 447 g/mol. The Balaban J connectivity index is 2.26. The zero-order chi connectivity index (χ0) is 23.5. The van der Waals surface area contributed by atoms with Crippen LogP contribution < -0.4 is 16.6 Å². The summed E-state index contributed by atoms with van der Waals surface area (Å²) in [4.78, 5) is 44.8. The van der Waals surface area contributed by atoms with Crippen LogP contribution in [0.5, 0.6) is 0 Å². The minimum atomic E-state index is -0.417. The fraction of sp³-hybridized carbons (Fsp3) is 0.750. The van der Waals surface area contributed by atoms with Crippen molar-refractivity contribution in [3.63, 3.8) is 0 Å². The Morgan fingerprint density at radius 2 is 1.62 bits per heavy atom. The minimum absolute atomic E-state index is 0.00144. The summed E-state index contributed by atoms with van der Waals surface area (Å²) in [5, 5.41) is 3.08. The lowest BCUT2D eigenvalue weighted by molar-refractivity contribution is -0.121. The van der Waals surface area contributed by atoms with Gasteiger partial charge in [0.25, 0.3) is 5.56 Å². The molecule has 180 valence electrons. The van der Waals surface area contributed by atoms with E-state index in [1.54, 1.807) is 4.57 Å².